The molecule has 11 nitrogen and oxygen atoms in total. The molecule has 0 saturated carbocycles. The van der Waals surface area contributed by atoms with Gasteiger partial charge < -0.3 is 34.8 Å². The van der Waals surface area contributed by atoms with Crippen LogP contribution in [0.4, 0.5) is 5.82 Å². The number of hydrogen-bond donors (Lipinski definition) is 4. The van der Waals surface area contributed by atoms with Gasteiger partial charge in [0.15, 0.2) is 23.2 Å². The molecule has 0 spiro atoms. The van der Waals surface area contributed by atoms with Crippen molar-refractivity contribution in [2.24, 2.45) is 0 Å². The number of anilines is 1. The third-order valence-electron chi connectivity index (χ3n) is 5.00. The fraction of sp³-hybridized carbons (Fsp3) is 0.450. The van der Waals surface area contributed by atoms with Crippen LogP contribution < -0.4 is 14.8 Å². The monoisotopic (exact) mass is 431 g/mol. The molecule has 3 aromatic rings. The lowest BCUT2D eigenvalue weighted by Crippen LogP contribution is -2.33. The van der Waals surface area contributed by atoms with E-state index in [1.807, 2.05) is 37.3 Å². The topological polar surface area (TPSA) is 144 Å². The van der Waals surface area contributed by atoms with Crippen molar-refractivity contribution >= 4 is 17.0 Å². The van der Waals surface area contributed by atoms with Gasteiger partial charge in [0.1, 0.15) is 30.7 Å². The van der Waals surface area contributed by atoms with Gasteiger partial charge in [-0.25, -0.2) is 4.98 Å². The van der Waals surface area contributed by atoms with E-state index in [4.69, 9.17) is 14.2 Å². The van der Waals surface area contributed by atoms with E-state index in [1.165, 1.54) is 18.0 Å². The largest absolute Gasteiger partial charge is 0.491 e. The molecule has 5 atom stereocenters. The number of nitrogens with one attached hydrogen (secondary N) is 1. The molecule has 0 bridgehead atoms. The van der Waals surface area contributed by atoms with Gasteiger partial charge in [0, 0.05) is 0 Å². The molecule has 4 rings (SSSR count). The number of benzene rings is 1. The molecule has 2 aromatic heterocycles. The molecule has 1 aliphatic heterocycles. The average molecular weight is 431 g/mol. The van der Waals surface area contributed by atoms with Crippen LogP contribution in [0.3, 0.4) is 0 Å². The maximum Gasteiger partial charge on any atom is 0.320 e. The number of rotatable bonds is 8. The van der Waals surface area contributed by atoms with Crippen LogP contribution in [-0.4, -0.2) is 79.5 Å². The van der Waals surface area contributed by atoms with Crippen molar-refractivity contribution in [3.63, 3.8) is 0 Å². The van der Waals surface area contributed by atoms with Crippen molar-refractivity contribution in [3.05, 3.63) is 36.7 Å². The van der Waals surface area contributed by atoms with Crippen LogP contribution in [0.1, 0.15) is 13.2 Å². The first-order valence-electron chi connectivity index (χ1n) is 9.87. The summed E-state index contributed by atoms with van der Waals surface area (Å²) >= 11 is 0. The summed E-state index contributed by atoms with van der Waals surface area (Å²) in [6, 6.07) is 9.44. The zero-order valence-corrected chi connectivity index (χ0v) is 17.1. The van der Waals surface area contributed by atoms with Crippen molar-refractivity contribution in [1.82, 2.24) is 19.5 Å². The van der Waals surface area contributed by atoms with Crippen molar-refractivity contribution < 1.29 is 29.5 Å². The highest BCUT2D eigenvalue weighted by molar-refractivity contribution is 5.83. The minimum atomic E-state index is -1.26. The molecule has 1 aromatic carbocycles. The minimum absolute atomic E-state index is 0.0969. The Morgan fingerprint density at radius 3 is 2.65 bits per heavy atom. The van der Waals surface area contributed by atoms with Crippen molar-refractivity contribution in [3.8, 4) is 11.8 Å². The molecule has 1 fully saturated rings. The van der Waals surface area contributed by atoms with Crippen molar-refractivity contribution in [2.45, 2.75) is 37.5 Å². The average Bonchev–Trinajstić information content (AvgIpc) is 3.34. The zero-order valence-electron chi connectivity index (χ0n) is 17.1. The van der Waals surface area contributed by atoms with Crippen molar-refractivity contribution in [1.29, 1.82) is 0 Å². The summed E-state index contributed by atoms with van der Waals surface area (Å²) in [7, 11) is 1.44. The first-order chi connectivity index (χ1) is 15.0. The third-order valence-corrected chi connectivity index (χ3v) is 5.00. The highest BCUT2D eigenvalue weighted by Crippen LogP contribution is 2.33. The summed E-state index contributed by atoms with van der Waals surface area (Å²) < 4.78 is 18.1. The smallest absolute Gasteiger partial charge is 0.320 e. The van der Waals surface area contributed by atoms with E-state index in [9.17, 15) is 15.3 Å². The molecule has 11 heteroatoms. The Balaban J connectivity index is 1.58. The van der Waals surface area contributed by atoms with E-state index in [-0.39, 0.29) is 12.1 Å². The van der Waals surface area contributed by atoms with Gasteiger partial charge in [-0.05, 0) is 19.1 Å². The summed E-state index contributed by atoms with van der Waals surface area (Å²) in [6.07, 6.45) is -2.93. The van der Waals surface area contributed by atoms with Crippen molar-refractivity contribution in [2.75, 3.05) is 25.6 Å². The van der Waals surface area contributed by atoms with Crippen LogP contribution >= 0.6 is 0 Å². The molecule has 0 aliphatic carbocycles. The standard InChI is InChI=1S/C20H25N5O6/c1-11(9-30-12-6-4-3-5-7-12)22-17-14-18(24-20(23-17)29-2)25(10-21-14)19-16(28)15(27)13(8-26)31-19/h3-7,10-11,13,15-16,19,26-28H,8-9H2,1-2H3,(H,22,23,24)/t11-,13-,15-,16-,19-/m1/s1. The molecule has 1 aliphatic rings. The highest BCUT2D eigenvalue weighted by atomic mass is 16.6. The fourth-order valence-corrected chi connectivity index (χ4v) is 3.40. The Labute approximate surface area is 178 Å². The first kappa shape index (κ1) is 21.2. The lowest BCUT2D eigenvalue weighted by Gasteiger charge is -2.18. The Kier molecular flexibility index (Phi) is 6.18. The normalized spacial score (nSPS) is 24.3. The number of imidazole rings is 1. The molecular weight excluding hydrogens is 406 g/mol. The van der Waals surface area contributed by atoms with Crippen LogP contribution in [0.2, 0.25) is 0 Å². The number of aliphatic hydroxyl groups is 3. The molecule has 4 N–H and O–H groups in total. The van der Waals surface area contributed by atoms with E-state index >= 15 is 0 Å². The van der Waals surface area contributed by atoms with Gasteiger partial charge in [0.25, 0.3) is 0 Å². The van der Waals surface area contributed by atoms with Crippen LogP contribution in [0, 0.1) is 0 Å². The number of para-hydroxylation sites is 1. The summed E-state index contributed by atoms with van der Waals surface area (Å²) in [5, 5.41) is 33.0. The summed E-state index contributed by atoms with van der Waals surface area (Å²) in [5.74, 6) is 1.19. The number of nitrogens with zero attached hydrogens (tertiary/aromatic N) is 4. The first-order valence-corrected chi connectivity index (χ1v) is 9.87. The van der Waals surface area contributed by atoms with E-state index in [1.54, 1.807) is 0 Å². The summed E-state index contributed by atoms with van der Waals surface area (Å²) in [5.41, 5.74) is 0.783. The zero-order chi connectivity index (χ0) is 22.0. The molecular formula is C20H25N5O6. The van der Waals surface area contributed by atoms with Gasteiger partial charge in [-0.1, -0.05) is 18.2 Å². The van der Waals surface area contributed by atoms with Gasteiger partial charge in [-0.15, -0.1) is 0 Å². The second kappa shape index (κ2) is 9.02. The molecule has 0 amide bonds. The third kappa shape index (κ3) is 4.26. The Morgan fingerprint density at radius 1 is 1.19 bits per heavy atom. The van der Waals surface area contributed by atoms with Crippen LogP contribution in [0.25, 0.3) is 11.2 Å². The SMILES string of the molecule is COc1nc(N[C@H](C)COc2ccccc2)c2ncn([C@@H]3O[C@H](CO)[C@@H](O)[C@H]3O)c2n1. The van der Waals surface area contributed by atoms with Gasteiger partial charge in [-0.3, -0.25) is 4.57 Å². The number of methoxy groups -OCH3 is 1. The number of aliphatic hydroxyl groups excluding tert-OH is 3. The van der Waals surface area contributed by atoms with Crippen LogP contribution in [-0.2, 0) is 4.74 Å². The predicted octanol–water partition coefficient (Wildman–Crippen LogP) is 0.326. The molecule has 0 radical (unpaired) electrons. The van der Waals surface area contributed by atoms with E-state index in [0.717, 1.165) is 5.75 Å². The highest BCUT2D eigenvalue weighted by Gasteiger charge is 2.44. The molecule has 0 unspecified atom stereocenters. The molecule has 1 saturated heterocycles. The second-order valence-electron chi connectivity index (χ2n) is 7.28. The quantitative estimate of drug-likeness (QED) is 0.394. The Morgan fingerprint density at radius 2 is 1.97 bits per heavy atom. The van der Waals surface area contributed by atoms with Gasteiger partial charge >= 0.3 is 6.01 Å². The molecule has 166 valence electrons. The Hall–Kier alpha value is -2.99. The fourth-order valence-electron chi connectivity index (χ4n) is 3.40. The summed E-state index contributed by atoms with van der Waals surface area (Å²) in [6.45, 7) is 1.89. The number of fused-ring (bicyclic) bond motifs is 1. The maximum absolute atomic E-state index is 10.4. The molecule has 31 heavy (non-hydrogen) atoms. The van der Waals surface area contributed by atoms with Gasteiger partial charge in [0.2, 0.25) is 0 Å². The predicted molar refractivity (Wildman–Crippen MR) is 110 cm³/mol. The number of hydrogen-bond acceptors (Lipinski definition) is 10. The lowest BCUT2D eigenvalue weighted by atomic mass is 10.1. The minimum Gasteiger partial charge on any atom is -0.491 e. The number of ether oxygens (including phenoxy) is 3. The summed E-state index contributed by atoms with van der Waals surface area (Å²) in [4.78, 5) is 13.0. The molecule has 3 heterocycles. The van der Waals surface area contributed by atoms with E-state index in [2.05, 4.69) is 20.3 Å². The maximum atomic E-state index is 10.4. The van der Waals surface area contributed by atoms with Gasteiger partial charge in [-0.2, -0.15) is 9.97 Å². The van der Waals surface area contributed by atoms with Gasteiger partial charge in [0.05, 0.1) is 26.1 Å². The second-order valence-corrected chi connectivity index (χ2v) is 7.28. The van der Waals surface area contributed by atoms with E-state index < -0.39 is 31.1 Å². The lowest BCUT2D eigenvalue weighted by molar-refractivity contribution is -0.0511. The van der Waals surface area contributed by atoms with Crippen LogP contribution in [0.15, 0.2) is 36.7 Å². The Bertz CT molecular complexity index is 1020. The van der Waals surface area contributed by atoms with E-state index in [0.29, 0.717) is 23.6 Å². The van der Waals surface area contributed by atoms with Crippen LogP contribution in [0.5, 0.6) is 11.8 Å². The number of aromatic nitrogens is 4.